The minimum Gasteiger partial charge on any atom is -0.385 e. The lowest BCUT2D eigenvalue weighted by Gasteiger charge is -2.08. The van der Waals surface area contributed by atoms with E-state index in [0.717, 1.165) is 24.0 Å². The Bertz CT molecular complexity index is 1120. The van der Waals surface area contributed by atoms with Gasteiger partial charge in [0.1, 0.15) is 0 Å². The molecule has 3 aromatic carbocycles. The lowest BCUT2D eigenvalue weighted by Crippen LogP contribution is -2.25. The highest BCUT2D eigenvalue weighted by Gasteiger charge is 2.09. The molecular formula is C25H25N3O2. The van der Waals surface area contributed by atoms with Gasteiger partial charge in [-0.15, -0.1) is 0 Å². The van der Waals surface area contributed by atoms with Crippen LogP contribution in [0.3, 0.4) is 0 Å². The molecule has 0 spiro atoms. The molecule has 0 aliphatic carbocycles. The number of rotatable bonds is 8. The molecule has 1 heterocycles. The van der Waals surface area contributed by atoms with Crippen molar-refractivity contribution in [2.75, 3.05) is 20.3 Å². The van der Waals surface area contributed by atoms with Crippen molar-refractivity contribution in [3.05, 3.63) is 90.3 Å². The molecule has 152 valence electrons. The minimum atomic E-state index is -0.0842. The molecule has 1 N–H and O–H groups in total. The molecule has 4 rings (SSSR count). The smallest absolute Gasteiger partial charge is 0.251 e. The topological polar surface area (TPSA) is 56.1 Å². The Morgan fingerprint density at radius 1 is 1.00 bits per heavy atom. The van der Waals surface area contributed by atoms with Gasteiger partial charge in [-0.2, -0.15) is 0 Å². The molecule has 0 fully saturated rings. The van der Waals surface area contributed by atoms with Gasteiger partial charge in [0.2, 0.25) is 0 Å². The number of hydrogen-bond acceptors (Lipinski definition) is 3. The average molecular weight is 399 g/mol. The van der Waals surface area contributed by atoms with Crippen LogP contribution in [0.1, 0.15) is 22.3 Å². The zero-order valence-corrected chi connectivity index (χ0v) is 17.0. The van der Waals surface area contributed by atoms with E-state index >= 15 is 0 Å². The second-order valence-corrected chi connectivity index (χ2v) is 7.24. The summed E-state index contributed by atoms with van der Waals surface area (Å²) >= 11 is 0. The van der Waals surface area contributed by atoms with Crippen molar-refractivity contribution in [1.82, 2.24) is 14.9 Å². The van der Waals surface area contributed by atoms with E-state index in [1.807, 2.05) is 30.6 Å². The maximum Gasteiger partial charge on any atom is 0.251 e. The van der Waals surface area contributed by atoms with Gasteiger partial charge in [0.25, 0.3) is 5.91 Å². The zero-order chi connectivity index (χ0) is 20.8. The summed E-state index contributed by atoms with van der Waals surface area (Å²) in [6.45, 7) is 1.96. The third kappa shape index (κ3) is 4.58. The van der Waals surface area contributed by atoms with Crippen LogP contribution in [0, 0.1) is 0 Å². The van der Waals surface area contributed by atoms with Crippen LogP contribution in [-0.4, -0.2) is 35.7 Å². The van der Waals surface area contributed by atoms with E-state index in [9.17, 15) is 4.79 Å². The first-order chi connectivity index (χ1) is 14.7. The van der Waals surface area contributed by atoms with Gasteiger partial charge in [-0.1, -0.05) is 54.6 Å². The standard InChI is InChI=1S/C25H25N3O2/c1-30-15-5-14-26-25(29)22-12-13-24-23(16-22)27-18-28(24)17-19-8-10-21(11-9-19)20-6-3-2-4-7-20/h2-4,6-13,16,18H,5,14-15,17H2,1H3,(H,26,29). The molecule has 30 heavy (non-hydrogen) atoms. The number of carbonyl (C=O) groups is 1. The van der Waals surface area contributed by atoms with Crippen LogP contribution < -0.4 is 5.32 Å². The van der Waals surface area contributed by atoms with Crippen molar-refractivity contribution in [3.63, 3.8) is 0 Å². The Hall–Kier alpha value is -3.44. The Morgan fingerprint density at radius 2 is 1.77 bits per heavy atom. The molecule has 0 aliphatic heterocycles. The quantitative estimate of drug-likeness (QED) is 0.443. The van der Waals surface area contributed by atoms with Crippen molar-refractivity contribution in [3.8, 4) is 11.1 Å². The summed E-state index contributed by atoms with van der Waals surface area (Å²) in [5.41, 5.74) is 6.07. The van der Waals surface area contributed by atoms with Crippen LogP contribution in [-0.2, 0) is 11.3 Å². The molecule has 5 heteroatoms. The van der Waals surface area contributed by atoms with Crippen LogP contribution in [0.2, 0.25) is 0 Å². The number of nitrogens with one attached hydrogen (secondary N) is 1. The SMILES string of the molecule is COCCCNC(=O)c1ccc2c(c1)ncn2Cc1ccc(-c2ccccc2)cc1. The van der Waals surface area contributed by atoms with Crippen LogP contribution in [0.25, 0.3) is 22.2 Å². The number of aromatic nitrogens is 2. The van der Waals surface area contributed by atoms with Gasteiger partial charge in [-0.25, -0.2) is 4.98 Å². The molecule has 1 aromatic heterocycles. The third-order valence-corrected chi connectivity index (χ3v) is 5.11. The highest BCUT2D eigenvalue weighted by atomic mass is 16.5. The normalized spacial score (nSPS) is 11.0. The van der Waals surface area contributed by atoms with Crippen LogP contribution >= 0.6 is 0 Å². The number of imidazole rings is 1. The van der Waals surface area contributed by atoms with Gasteiger partial charge in [-0.05, 0) is 41.3 Å². The van der Waals surface area contributed by atoms with E-state index in [4.69, 9.17) is 4.74 Å². The minimum absolute atomic E-state index is 0.0842. The Morgan fingerprint density at radius 3 is 2.53 bits per heavy atom. The molecule has 5 nitrogen and oxygen atoms in total. The van der Waals surface area contributed by atoms with Gasteiger partial charge in [0.15, 0.2) is 0 Å². The van der Waals surface area contributed by atoms with E-state index in [0.29, 0.717) is 18.7 Å². The van der Waals surface area contributed by atoms with Crippen molar-refractivity contribution < 1.29 is 9.53 Å². The second kappa shape index (κ2) is 9.37. The van der Waals surface area contributed by atoms with Crippen molar-refractivity contribution in [2.45, 2.75) is 13.0 Å². The van der Waals surface area contributed by atoms with E-state index in [2.05, 4.69) is 63.4 Å². The fourth-order valence-corrected chi connectivity index (χ4v) is 3.48. The highest BCUT2D eigenvalue weighted by Crippen LogP contribution is 2.21. The lowest BCUT2D eigenvalue weighted by atomic mass is 10.0. The van der Waals surface area contributed by atoms with Gasteiger partial charge >= 0.3 is 0 Å². The summed E-state index contributed by atoms with van der Waals surface area (Å²) in [7, 11) is 1.66. The number of benzene rings is 3. The predicted octanol–water partition coefficient (Wildman–Crippen LogP) is 4.52. The number of fused-ring (bicyclic) bond motifs is 1. The van der Waals surface area contributed by atoms with E-state index < -0.39 is 0 Å². The molecule has 0 bridgehead atoms. The maximum absolute atomic E-state index is 12.3. The largest absolute Gasteiger partial charge is 0.385 e. The molecule has 0 aliphatic rings. The predicted molar refractivity (Wildman–Crippen MR) is 120 cm³/mol. The molecule has 1 amide bonds. The second-order valence-electron chi connectivity index (χ2n) is 7.24. The van der Waals surface area contributed by atoms with Gasteiger partial charge in [-0.3, -0.25) is 4.79 Å². The maximum atomic E-state index is 12.3. The zero-order valence-electron chi connectivity index (χ0n) is 17.0. The molecule has 0 unspecified atom stereocenters. The van der Waals surface area contributed by atoms with Gasteiger partial charge in [0.05, 0.1) is 17.4 Å². The number of carbonyl (C=O) groups excluding carboxylic acids is 1. The molecular weight excluding hydrogens is 374 g/mol. The van der Waals surface area contributed by atoms with Crippen LogP contribution in [0.5, 0.6) is 0 Å². The summed E-state index contributed by atoms with van der Waals surface area (Å²) < 4.78 is 7.11. The molecule has 0 atom stereocenters. The van der Waals surface area contributed by atoms with Gasteiger partial charge < -0.3 is 14.6 Å². The Labute approximate surface area is 176 Å². The number of nitrogens with zero attached hydrogens (tertiary/aromatic N) is 2. The van der Waals surface area contributed by atoms with Crippen molar-refractivity contribution in [2.24, 2.45) is 0 Å². The first kappa shape index (κ1) is 19.9. The third-order valence-electron chi connectivity index (χ3n) is 5.11. The summed E-state index contributed by atoms with van der Waals surface area (Å²) in [5.74, 6) is -0.0842. The van der Waals surface area contributed by atoms with Gasteiger partial charge in [0, 0.05) is 32.4 Å². The Balaban J connectivity index is 1.45. The Kier molecular flexibility index (Phi) is 6.20. The monoisotopic (exact) mass is 399 g/mol. The summed E-state index contributed by atoms with van der Waals surface area (Å²) in [4.78, 5) is 16.8. The first-order valence-electron chi connectivity index (χ1n) is 10.1. The fourth-order valence-electron chi connectivity index (χ4n) is 3.48. The molecule has 0 saturated heterocycles. The number of methoxy groups -OCH3 is 1. The summed E-state index contributed by atoms with van der Waals surface area (Å²) in [5, 5.41) is 2.91. The number of hydrogen-bond donors (Lipinski definition) is 1. The van der Waals surface area contributed by atoms with Crippen LogP contribution in [0.4, 0.5) is 0 Å². The van der Waals surface area contributed by atoms with E-state index in [1.54, 1.807) is 7.11 Å². The van der Waals surface area contributed by atoms with E-state index in [-0.39, 0.29) is 5.91 Å². The van der Waals surface area contributed by atoms with Crippen LogP contribution in [0.15, 0.2) is 79.1 Å². The average Bonchev–Trinajstić information content (AvgIpc) is 3.19. The molecule has 0 saturated carbocycles. The lowest BCUT2D eigenvalue weighted by molar-refractivity contribution is 0.0948. The number of amides is 1. The fraction of sp³-hybridized carbons (Fsp3) is 0.200. The van der Waals surface area contributed by atoms with Crippen molar-refractivity contribution >= 4 is 16.9 Å². The molecule has 4 aromatic rings. The van der Waals surface area contributed by atoms with Crippen molar-refractivity contribution in [1.29, 1.82) is 0 Å². The summed E-state index contributed by atoms with van der Waals surface area (Å²) in [6.07, 6.45) is 2.62. The highest BCUT2D eigenvalue weighted by molar-refractivity contribution is 5.97. The number of ether oxygens (including phenoxy) is 1. The van der Waals surface area contributed by atoms with E-state index in [1.165, 1.54) is 16.7 Å². The molecule has 0 radical (unpaired) electrons. The summed E-state index contributed by atoms with van der Waals surface area (Å²) in [6, 6.07) is 24.6. The first-order valence-corrected chi connectivity index (χ1v) is 10.1.